The van der Waals surface area contributed by atoms with E-state index in [9.17, 15) is 24.8 Å². The lowest BCUT2D eigenvalue weighted by Gasteiger charge is -2.22. The number of phenols is 1. The van der Waals surface area contributed by atoms with Gasteiger partial charge in [0, 0.05) is 18.2 Å². The summed E-state index contributed by atoms with van der Waals surface area (Å²) >= 11 is 0. The maximum absolute atomic E-state index is 12.2. The normalized spacial score (nSPS) is 18.0. The van der Waals surface area contributed by atoms with Crippen LogP contribution in [-0.2, 0) is 4.79 Å². The fraction of sp³-hybridized carbons (Fsp3) is 0.333. The molecule has 0 spiro atoms. The zero-order chi connectivity index (χ0) is 14.9. The van der Waals surface area contributed by atoms with Crippen LogP contribution in [0.3, 0.4) is 0 Å². The minimum Gasteiger partial charge on any atom is -0.502 e. The second kappa shape index (κ2) is 5.16. The van der Waals surface area contributed by atoms with E-state index in [1.807, 2.05) is 0 Å². The minimum atomic E-state index is -0.744. The number of nitro groups is 1. The molecule has 0 radical (unpaired) electrons. The van der Waals surface area contributed by atoms with Crippen LogP contribution < -0.4 is 5.73 Å². The van der Waals surface area contributed by atoms with Gasteiger partial charge in [0.1, 0.15) is 6.04 Å². The third-order valence-corrected chi connectivity index (χ3v) is 3.26. The van der Waals surface area contributed by atoms with Crippen LogP contribution in [0.5, 0.6) is 5.75 Å². The van der Waals surface area contributed by atoms with Crippen molar-refractivity contribution < 1.29 is 19.6 Å². The van der Waals surface area contributed by atoms with Crippen molar-refractivity contribution in [3.63, 3.8) is 0 Å². The Balaban J connectivity index is 2.27. The molecule has 0 aromatic heterocycles. The van der Waals surface area contributed by atoms with Crippen molar-refractivity contribution in [2.24, 2.45) is 5.73 Å². The summed E-state index contributed by atoms with van der Waals surface area (Å²) in [7, 11) is 0. The van der Waals surface area contributed by atoms with E-state index in [0.29, 0.717) is 19.4 Å². The number of nitro benzene ring substituents is 1. The summed E-state index contributed by atoms with van der Waals surface area (Å²) in [4.78, 5) is 34.6. The summed E-state index contributed by atoms with van der Waals surface area (Å²) < 4.78 is 0. The summed E-state index contributed by atoms with van der Waals surface area (Å²) in [5, 5.41) is 20.1. The van der Waals surface area contributed by atoms with E-state index in [1.165, 1.54) is 11.0 Å². The van der Waals surface area contributed by atoms with Crippen molar-refractivity contribution in [1.29, 1.82) is 0 Å². The van der Waals surface area contributed by atoms with Gasteiger partial charge in [0.25, 0.3) is 5.91 Å². The second-order valence-electron chi connectivity index (χ2n) is 4.52. The van der Waals surface area contributed by atoms with E-state index in [2.05, 4.69) is 0 Å². The van der Waals surface area contributed by atoms with Crippen molar-refractivity contribution in [3.8, 4) is 5.75 Å². The quantitative estimate of drug-likeness (QED) is 0.611. The molecule has 8 heteroatoms. The van der Waals surface area contributed by atoms with Gasteiger partial charge in [0.15, 0.2) is 5.75 Å². The summed E-state index contributed by atoms with van der Waals surface area (Å²) in [6, 6.07) is 2.66. The van der Waals surface area contributed by atoms with Gasteiger partial charge >= 0.3 is 5.69 Å². The number of hydrogen-bond acceptors (Lipinski definition) is 5. The van der Waals surface area contributed by atoms with Crippen molar-refractivity contribution >= 4 is 17.5 Å². The molecule has 1 heterocycles. The van der Waals surface area contributed by atoms with Gasteiger partial charge in [-0.15, -0.1) is 0 Å². The molecule has 0 aliphatic carbocycles. The number of amides is 2. The molecule has 8 nitrogen and oxygen atoms in total. The molecule has 0 bridgehead atoms. The molecule has 1 unspecified atom stereocenters. The SMILES string of the molecule is NC(=O)C1CCCN1C(=O)c1ccc([N+](=O)[O-])c(O)c1. The van der Waals surface area contributed by atoms with E-state index in [1.54, 1.807) is 0 Å². The van der Waals surface area contributed by atoms with Gasteiger partial charge in [-0.25, -0.2) is 0 Å². The average Bonchev–Trinajstić information content (AvgIpc) is 2.86. The maximum Gasteiger partial charge on any atom is 0.310 e. The topological polar surface area (TPSA) is 127 Å². The molecule has 2 rings (SSSR count). The van der Waals surface area contributed by atoms with Gasteiger partial charge < -0.3 is 15.7 Å². The monoisotopic (exact) mass is 279 g/mol. The van der Waals surface area contributed by atoms with Crippen LogP contribution in [0.1, 0.15) is 23.2 Å². The first-order chi connectivity index (χ1) is 9.41. The molecule has 2 amide bonds. The third kappa shape index (κ3) is 2.40. The highest BCUT2D eigenvalue weighted by atomic mass is 16.6. The largest absolute Gasteiger partial charge is 0.502 e. The third-order valence-electron chi connectivity index (χ3n) is 3.26. The predicted molar refractivity (Wildman–Crippen MR) is 68.0 cm³/mol. The Bertz CT molecular complexity index is 586. The Kier molecular flexibility index (Phi) is 3.55. The molecule has 1 fully saturated rings. The number of carbonyl (C=O) groups excluding carboxylic acids is 2. The summed E-state index contributed by atoms with van der Waals surface area (Å²) in [6.45, 7) is 0.393. The van der Waals surface area contributed by atoms with Gasteiger partial charge in [-0.2, -0.15) is 0 Å². The van der Waals surface area contributed by atoms with Crippen LogP contribution in [0.2, 0.25) is 0 Å². The zero-order valence-corrected chi connectivity index (χ0v) is 10.5. The fourth-order valence-corrected chi connectivity index (χ4v) is 2.28. The van der Waals surface area contributed by atoms with Crippen molar-refractivity contribution in [2.75, 3.05) is 6.54 Å². The van der Waals surface area contributed by atoms with Gasteiger partial charge in [-0.3, -0.25) is 19.7 Å². The van der Waals surface area contributed by atoms with E-state index in [-0.39, 0.29) is 5.56 Å². The lowest BCUT2D eigenvalue weighted by molar-refractivity contribution is -0.385. The molecule has 1 aromatic carbocycles. The van der Waals surface area contributed by atoms with Gasteiger partial charge in [-0.1, -0.05) is 0 Å². The van der Waals surface area contributed by atoms with Crippen LogP contribution in [0.4, 0.5) is 5.69 Å². The van der Waals surface area contributed by atoms with Gasteiger partial charge in [-0.05, 0) is 25.0 Å². The molecule has 106 valence electrons. The number of benzene rings is 1. The number of aromatic hydroxyl groups is 1. The molecule has 1 aliphatic heterocycles. The number of nitrogens with two attached hydrogens (primary N) is 1. The van der Waals surface area contributed by atoms with Gasteiger partial charge in [0.05, 0.1) is 4.92 Å². The smallest absolute Gasteiger partial charge is 0.310 e. The minimum absolute atomic E-state index is 0.0845. The molecule has 1 saturated heterocycles. The van der Waals surface area contributed by atoms with E-state index in [4.69, 9.17) is 5.73 Å². The fourth-order valence-electron chi connectivity index (χ4n) is 2.28. The number of phenolic OH excluding ortho intramolecular Hbond substituents is 1. The molecule has 1 atom stereocenters. The Morgan fingerprint density at radius 2 is 2.15 bits per heavy atom. The molecule has 1 aromatic rings. The Labute approximate surface area is 113 Å². The first-order valence-corrected chi connectivity index (χ1v) is 5.99. The molecular formula is C12H13N3O5. The van der Waals surface area contributed by atoms with Crippen molar-refractivity contribution in [3.05, 3.63) is 33.9 Å². The number of nitrogens with zero attached hydrogens (tertiary/aromatic N) is 2. The van der Waals surface area contributed by atoms with Gasteiger partial charge in [0.2, 0.25) is 5.91 Å². The second-order valence-corrected chi connectivity index (χ2v) is 4.52. The van der Waals surface area contributed by atoms with Crippen LogP contribution in [-0.4, -0.2) is 39.3 Å². The number of carbonyl (C=O) groups is 2. The zero-order valence-electron chi connectivity index (χ0n) is 10.5. The first-order valence-electron chi connectivity index (χ1n) is 5.99. The highest BCUT2D eigenvalue weighted by molar-refractivity contribution is 5.98. The molecule has 1 aliphatic rings. The average molecular weight is 279 g/mol. The Morgan fingerprint density at radius 3 is 2.70 bits per heavy atom. The summed E-state index contributed by atoms with van der Waals surface area (Å²) in [6.07, 6.45) is 1.17. The van der Waals surface area contributed by atoms with Crippen LogP contribution >= 0.6 is 0 Å². The van der Waals surface area contributed by atoms with Crippen LogP contribution in [0.15, 0.2) is 18.2 Å². The summed E-state index contributed by atoms with van der Waals surface area (Å²) in [5.74, 6) is -1.64. The number of primary amides is 1. The number of likely N-dealkylation sites (tertiary alicyclic amines) is 1. The molecular weight excluding hydrogens is 266 g/mol. The number of rotatable bonds is 3. The van der Waals surface area contributed by atoms with Crippen LogP contribution in [0, 0.1) is 10.1 Å². The molecule has 3 N–H and O–H groups in total. The van der Waals surface area contributed by atoms with E-state index < -0.39 is 34.2 Å². The number of hydrogen-bond donors (Lipinski definition) is 2. The lowest BCUT2D eigenvalue weighted by atomic mass is 10.1. The Morgan fingerprint density at radius 1 is 1.45 bits per heavy atom. The van der Waals surface area contributed by atoms with Crippen LogP contribution in [0.25, 0.3) is 0 Å². The first kappa shape index (κ1) is 13.8. The highest BCUT2D eigenvalue weighted by Crippen LogP contribution is 2.28. The van der Waals surface area contributed by atoms with E-state index in [0.717, 1.165) is 12.1 Å². The summed E-state index contributed by atoms with van der Waals surface area (Å²) in [5.41, 5.74) is 4.83. The van der Waals surface area contributed by atoms with E-state index >= 15 is 0 Å². The van der Waals surface area contributed by atoms with Crippen molar-refractivity contribution in [1.82, 2.24) is 4.90 Å². The van der Waals surface area contributed by atoms with Crippen molar-refractivity contribution in [2.45, 2.75) is 18.9 Å². The Hall–Kier alpha value is -2.64. The maximum atomic E-state index is 12.2. The lowest BCUT2D eigenvalue weighted by Crippen LogP contribution is -2.43. The molecule has 0 saturated carbocycles. The molecule has 20 heavy (non-hydrogen) atoms. The highest BCUT2D eigenvalue weighted by Gasteiger charge is 2.33. The standard InChI is InChI=1S/C12H13N3O5/c13-11(17)9-2-1-5-14(9)12(18)7-3-4-8(15(19)20)10(16)6-7/h3-4,6,9,16H,1-2,5H2,(H2,13,17). The predicted octanol–water partition coefficient (Wildman–Crippen LogP) is 0.390.